The van der Waals surface area contributed by atoms with Gasteiger partial charge in [0.2, 0.25) is 0 Å². The third-order valence-electron chi connectivity index (χ3n) is 3.15. The Hall–Kier alpha value is -0.510. The molecule has 1 aromatic rings. The lowest BCUT2D eigenvalue weighted by Gasteiger charge is -2.18. The summed E-state index contributed by atoms with van der Waals surface area (Å²) in [5.74, 6) is 1.58. The number of hydrogen-bond acceptors (Lipinski definition) is 3. The predicted octanol–water partition coefficient (Wildman–Crippen LogP) is 3.39. The van der Waals surface area contributed by atoms with Crippen molar-refractivity contribution in [1.29, 1.82) is 0 Å². The molecule has 2 unspecified atom stereocenters. The van der Waals surface area contributed by atoms with E-state index in [9.17, 15) is 5.11 Å². The molecule has 0 fully saturated rings. The molecular formula is C15H25NOS. The van der Waals surface area contributed by atoms with Gasteiger partial charge >= 0.3 is 0 Å². The zero-order chi connectivity index (χ0) is 13.4. The Morgan fingerprint density at radius 2 is 1.89 bits per heavy atom. The highest BCUT2D eigenvalue weighted by molar-refractivity contribution is 7.99. The maximum Gasteiger partial charge on any atom is 0.0668 e. The number of nitrogens with two attached hydrogens (primary N) is 1. The summed E-state index contributed by atoms with van der Waals surface area (Å²) in [7, 11) is 0. The van der Waals surface area contributed by atoms with Crippen molar-refractivity contribution >= 4 is 11.8 Å². The Morgan fingerprint density at radius 3 is 2.39 bits per heavy atom. The molecule has 3 N–H and O–H groups in total. The van der Waals surface area contributed by atoms with E-state index in [4.69, 9.17) is 5.73 Å². The van der Waals surface area contributed by atoms with E-state index in [1.807, 2.05) is 11.8 Å². The zero-order valence-electron chi connectivity index (χ0n) is 11.4. The van der Waals surface area contributed by atoms with Gasteiger partial charge in [0.05, 0.1) is 6.10 Å². The molecule has 3 heteroatoms. The lowest BCUT2D eigenvalue weighted by atomic mass is 9.91. The van der Waals surface area contributed by atoms with Crippen LogP contribution in [0.15, 0.2) is 29.2 Å². The number of thioether (sulfide) groups is 1. The molecule has 18 heavy (non-hydrogen) atoms. The van der Waals surface area contributed by atoms with Gasteiger partial charge in [-0.15, -0.1) is 11.8 Å². The zero-order valence-corrected chi connectivity index (χ0v) is 12.2. The van der Waals surface area contributed by atoms with Crippen molar-refractivity contribution in [2.75, 3.05) is 12.3 Å². The van der Waals surface area contributed by atoms with Crippen LogP contribution in [0.2, 0.25) is 0 Å². The first-order valence-electron chi connectivity index (χ1n) is 6.82. The Bertz CT molecular complexity index is 326. The molecule has 0 aliphatic carbocycles. The fourth-order valence-electron chi connectivity index (χ4n) is 2.02. The minimum atomic E-state index is -0.385. The van der Waals surface area contributed by atoms with Crippen LogP contribution in [0.4, 0.5) is 0 Å². The van der Waals surface area contributed by atoms with E-state index in [0.717, 1.165) is 12.8 Å². The minimum Gasteiger partial charge on any atom is -0.392 e. The van der Waals surface area contributed by atoms with E-state index in [-0.39, 0.29) is 6.10 Å². The van der Waals surface area contributed by atoms with E-state index < -0.39 is 0 Å². The van der Waals surface area contributed by atoms with Crippen molar-refractivity contribution in [3.8, 4) is 0 Å². The highest BCUT2D eigenvalue weighted by atomic mass is 32.2. The fourth-order valence-corrected chi connectivity index (χ4v) is 2.79. The maximum atomic E-state index is 9.66. The smallest absolute Gasteiger partial charge is 0.0668 e. The summed E-state index contributed by atoms with van der Waals surface area (Å²) in [5, 5.41) is 9.66. The molecule has 2 nitrogen and oxygen atoms in total. The van der Waals surface area contributed by atoms with Crippen molar-refractivity contribution in [2.45, 2.75) is 50.0 Å². The molecule has 2 atom stereocenters. The van der Waals surface area contributed by atoms with Crippen LogP contribution in [0.5, 0.6) is 0 Å². The van der Waals surface area contributed by atoms with Crippen LogP contribution in [0.1, 0.15) is 44.6 Å². The molecule has 0 radical (unpaired) electrons. The summed E-state index contributed by atoms with van der Waals surface area (Å²) in [6.07, 6.45) is 2.61. The Balaban J connectivity index is 2.63. The number of benzene rings is 1. The molecule has 0 saturated heterocycles. The van der Waals surface area contributed by atoms with Crippen molar-refractivity contribution in [3.05, 3.63) is 29.8 Å². The van der Waals surface area contributed by atoms with Gasteiger partial charge in [0.15, 0.2) is 0 Å². The molecule has 0 spiro atoms. The second-order valence-electron chi connectivity index (χ2n) is 4.65. The van der Waals surface area contributed by atoms with Crippen LogP contribution >= 0.6 is 11.8 Å². The molecule has 1 aromatic carbocycles. The Morgan fingerprint density at radius 1 is 1.22 bits per heavy atom. The van der Waals surface area contributed by atoms with E-state index in [0.29, 0.717) is 12.5 Å². The molecule has 0 amide bonds. The molecule has 0 saturated carbocycles. The van der Waals surface area contributed by atoms with Crippen LogP contribution in [0.25, 0.3) is 0 Å². The Labute approximate surface area is 115 Å². The van der Waals surface area contributed by atoms with Crippen molar-refractivity contribution < 1.29 is 5.11 Å². The van der Waals surface area contributed by atoms with Gasteiger partial charge in [-0.2, -0.15) is 0 Å². The number of hydrogen-bond donors (Lipinski definition) is 2. The lowest BCUT2D eigenvalue weighted by Crippen LogP contribution is -2.22. The van der Waals surface area contributed by atoms with E-state index in [2.05, 4.69) is 38.1 Å². The summed E-state index contributed by atoms with van der Waals surface area (Å²) in [5.41, 5.74) is 6.79. The number of aliphatic hydroxyl groups excluding tert-OH is 1. The van der Waals surface area contributed by atoms with Crippen LogP contribution in [-0.2, 0) is 0 Å². The minimum absolute atomic E-state index is 0.348. The molecule has 0 aromatic heterocycles. The van der Waals surface area contributed by atoms with Crippen molar-refractivity contribution in [2.24, 2.45) is 5.73 Å². The van der Waals surface area contributed by atoms with Crippen LogP contribution in [0.3, 0.4) is 0 Å². The van der Waals surface area contributed by atoms with Gasteiger partial charge in [-0.25, -0.2) is 0 Å². The Kier molecular flexibility index (Phi) is 7.40. The number of aliphatic hydroxyl groups is 1. The quantitative estimate of drug-likeness (QED) is 0.710. The SMILES string of the molecule is CCCSc1ccc(C(CC)CC(O)CN)cc1. The first-order chi connectivity index (χ1) is 8.71. The first-order valence-corrected chi connectivity index (χ1v) is 7.80. The average Bonchev–Trinajstić information content (AvgIpc) is 2.42. The third-order valence-corrected chi connectivity index (χ3v) is 4.36. The van der Waals surface area contributed by atoms with E-state index >= 15 is 0 Å². The second-order valence-corrected chi connectivity index (χ2v) is 5.82. The summed E-state index contributed by atoms with van der Waals surface area (Å²) in [4.78, 5) is 1.33. The van der Waals surface area contributed by atoms with Crippen LogP contribution in [-0.4, -0.2) is 23.5 Å². The van der Waals surface area contributed by atoms with Gasteiger partial charge in [0.25, 0.3) is 0 Å². The topological polar surface area (TPSA) is 46.2 Å². The molecule has 1 rings (SSSR count). The standard InChI is InChI=1S/C15H25NOS/c1-3-9-18-15-7-5-13(6-8-15)12(4-2)10-14(17)11-16/h5-8,12,14,17H,3-4,9-11,16H2,1-2H3. The third kappa shape index (κ3) is 5.01. The molecule has 0 bridgehead atoms. The number of rotatable bonds is 8. The van der Waals surface area contributed by atoms with E-state index in [1.165, 1.54) is 22.6 Å². The van der Waals surface area contributed by atoms with Gasteiger partial charge in [-0.3, -0.25) is 0 Å². The average molecular weight is 267 g/mol. The van der Waals surface area contributed by atoms with Crippen LogP contribution < -0.4 is 5.73 Å². The monoisotopic (exact) mass is 267 g/mol. The molecule has 0 aliphatic heterocycles. The van der Waals surface area contributed by atoms with Crippen molar-refractivity contribution in [1.82, 2.24) is 0 Å². The van der Waals surface area contributed by atoms with Crippen LogP contribution in [0, 0.1) is 0 Å². The van der Waals surface area contributed by atoms with Gasteiger partial charge in [0.1, 0.15) is 0 Å². The first kappa shape index (κ1) is 15.5. The lowest BCUT2D eigenvalue weighted by molar-refractivity contribution is 0.162. The maximum absolute atomic E-state index is 9.66. The molecular weight excluding hydrogens is 242 g/mol. The molecule has 102 valence electrons. The van der Waals surface area contributed by atoms with Gasteiger partial charge < -0.3 is 10.8 Å². The second kappa shape index (κ2) is 8.57. The highest BCUT2D eigenvalue weighted by Gasteiger charge is 2.13. The normalized spacial score (nSPS) is 14.4. The van der Waals surface area contributed by atoms with Gasteiger partial charge in [0, 0.05) is 11.4 Å². The summed E-state index contributed by atoms with van der Waals surface area (Å²) in [6, 6.07) is 8.76. The molecule has 0 aliphatic rings. The van der Waals surface area contributed by atoms with Gasteiger partial charge in [-0.05, 0) is 48.6 Å². The largest absolute Gasteiger partial charge is 0.392 e. The highest BCUT2D eigenvalue weighted by Crippen LogP contribution is 2.27. The summed E-state index contributed by atoms with van der Waals surface area (Å²) < 4.78 is 0. The van der Waals surface area contributed by atoms with Crippen molar-refractivity contribution in [3.63, 3.8) is 0 Å². The fraction of sp³-hybridized carbons (Fsp3) is 0.600. The predicted molar refractivity (Wildman–Crippen MR) is 80.2 cm³/mol. The summed E-state index contributed by atoms with van der Waals surface area (Å²) >= 11 is 1.90. The molecule has 0 heterocycles. The van der Waals surface area contributed by atoms with E-state index in [1.54, 1.807) is 0 Å². The summed E-state index contributed by atoms with van der Waals surface area (Å²) in [6.45, 7) is 4.71. The van der Waals surface area contributed by atoms with Gasteiger partial charge in [-0.1, -0.05) is 26.0 Å².